The zero-order chi connectivity index (χ0) is 27.0. The summed E-state index contributed by atoms with van der Waals surface area (Å²) in [5, 5.41) is 8.24. The minimum absolute atomic E-state index is 0.00275. The van der Waals surface area contributed by atoms with E-state index in [0.29, 0.717) is 35.2 Å². The van der Waals surface area contributed by atoms with Crippen molar-refractivity contribution in [1.29, 1.82) is 0 Å². The quantitative estimate of drug-likeness (QED) is 0.327. The summed E-state index contributed by atoms with van der Waals surface area (Å²) in [6.07, 6.45) is 6.09. The molecule has 8 rings (SSSR count). The first-order chi connectivity index (χ1) is 19.6. The molecule has 3 atom stereocenters. The Kier molecular flexibility index (Phi) is 5.28. The van der Waals surface area contributed by atoms with Crippen molar-refractivity contribution in [1.82, 2.24) is 34.2 Å². The maximum absolute atomic E-state index is 13.8. The van der Waals surface area contributed by atoms with E-state index >= 15 is 0 Å². The monoisotopic (exact) mass is 536 g/mol. The van der Waals surface area contributed by atoms with Crippen LogP contribution in [0.25, 0.3) is 33.5 Å². The number of hydrogen-bond donors (Lipinski definition) is 2. The number of methoxy groups -OCH3 is 1. The number of hydrogen-bond acceptors (Lipinski definition) is 6. The molecular formula is C30H32N8O2. The van der Waals surface area contributed by atoms with Gasteiger partial charge in [-0.15, -0.1) is 0 Å². The van der Waals surface area contributed by atoms with Crippen molar-refractivity contribution in [2.24, 2.45) is 17.6 Å². The lowest BCUT2D eigenvalue weighted by Gasteiger charge is -2.27. The summed E-state index contributed by atoms with van der Waals surface area (Å²) in [4.78, 5) is 25.3. The van der Waals surface area contributed by atoms with Gasteiger partial charge in [0, 0.05) is 41.6 Å². The number of carbonyl (C=O) groups excluding carboxylic acids is 1. The van der Waals surface area contributed by atoms with Crippen molar-refractivity contribution in [2.45, 2.75) is 50.9 Å². The third-order valence-electron chi connectivity index (χ3n) is 9.14. The highest BCUT2D eigenvalue weighted by atomic mass is 16.5. The lowest BCUT2D eigenvalue weighted by Crippen LogP contribution is -2.41. The van der Waals surface area contributed by atoms with Crippen LogP contribution >= 0.6 is 0 Å². The summed E-state index contributed by atoms with van der Waals surface area (Å²) in [5.41, 5.74) is 10.8. The highest BCUT2D eigenvalue weighted by Crippen LogP contribution is 2.40. The fourth-order valence-corrected chi connectivity index (χ4v) is 6.91. The van der Waals surface area contributed by atoms with Crippen LogP contribution in [-0.4, -0.2) is 65.8 Å². The van der Waals surface area contributed by atoms with Gasteiger partial charge in [0.1, 0.15) is 23.4 Å². The average molecular weight is 537 g/mol. The van der Waals surface area contributed by atoms with Crippen LogP contribution in [0.5, 0.6) is 5.75 Å². The summed E-state index contributed by atoms with van der Waals surface area (Å²) >= 11 is 0. The predicted molar refractivity (Wildman–Crippen MR) is 151 cm³/mol. The lowest BCUT2D eigenvalue weighted by molar-refractivity contribution is 0.0700. The van der Waals surface area contributed by atoms with E-state index in [4.69, 9.17) is 15.5 Å². The van der Waals surface area contributed by atoms with E-state index in [1.165, 1.54) is 30.1 Å². The molecule has 2 unspecified atom stereocenters. The normalized spacial score (nSPS) is 22.1. The molecular weight excluding hydrogens is 504 g/mol. The van der Waals surface area contributed by atoms with E-state index in [1.807, 2.05) is 17.0 Å². The first-order valence-electron chi connectivity index (χ1n) is 14.2. The second kappa shape index (κ2) is 8.92. The molecule has 3 aromatic heterocycles. The fraction of sp³-hybridized carbons (Fsp3) is 0.400. The van der Waals surface area contributed by atoms with Crippen molar-refractivity contribution < 1.29 is 9.53 Å². The van der Waals surface area contributed by atoms with Crippen LogP contribution in [0.1, 0.15) is 41.9 Å². The number of rotatable bonds is 7. The van der Waals surface area contributed by atoms with E-state index in [9.17, 15) is 4.79 Å². The third kappa shape index (κ3) is 3.66. The molecule has 2 saturated carbocycles. The fourth-order valence-electron chi connectivity index (χ4n) is 6.91. The second-order valence-electron chi connectivity index (χ2n) is 11.6. The van der Waals surface area contributed by atoms with Crippen LogP contribution in [0, 0.1) is 11.8 Å². The van der Waals surface area contributed by atoms with Gasteiger partial charge in [0.05, 0.1) is 24.9 Å². The van der Waals surface area contributed by atoms with Crippen molar-refractivity contribution in [2.75, 3.05) is 13.7 Å². The largest absolute Gasteiger partial charge is 0.494 e. The van der Waals surface area contributed by atoms with Gasteiger partial charge in [0.25, 0.3) is 5.91 Å². The number of para-hydroxylation sites is 1. The highest BCUT2D eigenvalue weighted by molar-refractivity contribution is 6.00. The summed E-state index contributed by atoms with van der Waals surface area (Å²) < 4.78 is 10.5. The van der Waals surface area contributed by atoms with Gasteiger partial charge in [0.2, 0.25) is 0 Å². The topological polar surface area (TPSA) is 120 Å². The molecule has 1 saturated heterocycles. The van der Waals surface area contributed by atoms with Gasteiger partial charge in [-0.05, 0) is 61.8 Å². The average Bonchev–Trinajstić information content (AvgIpc) is 3.34. The van der Waals surface area contributed by atoms with Gasteiger partial charge in [-0.1, -0.05) is 18.2 Å². The zero-order valence-corrected chi connectivity index (χ0v) is 22.5. The SMILES string of the molecule is COc1cc(C(=O)N2CC3CCC2[C@@H]3N)cc2nc(-c3cc4ccccc4n3CC3CC3)n(Cc3ncn[nH]3)c12. The van der Waals surface area contributed by atoms with Crippen LogP contribution in [0.2, 0.25) is 0 Å². The number of piperidine rings is 1. The highest BCUT2D eigenvalue weighted by Gasteiger charge is 2.47. The summed E-state index contributed by atoms with van der Waals surface area (Å²) in [6.45, 7) is 2.11. The molecule has 10 heteroatoms. The molecule has 204 valence electrons. The predicted octanol–water partition coefficient (Wildman–Crippen LogP) is 3.80. The number of ether oxygens (including phenoxy) is 1. The van der Waals surface area contributed by atoms with Gasteiger partial charge in [-0.2, -0.15) is 5.10 Å². The van der Waals surface area contributed by atoms with Crippen LogP contribution in [0.3, 0.4) is 0 Å². The molecule has 2 aliphatic carbocycles. The van der Waals surface area contributed by atoms with Gasteiger partial charge >= 0.3 is 0 Å². The molecule has 0 radical (unpaired) electrons. The number of nitrogens with zero attached hydrogens (tertiary/aromatic N) is 6. The molecule has 1 aliphatic heterocycles. The summed E-state index contributed by atoms with van der Waals surface area (Å²) in [7, 11) is 1.65. The number of fused-ring (bicyclic) bond motifs is 4. The molecule has 2 bridgehead atoms. The van der Waals surface area contributed by atoms with Crippen molar-refractivity contribution in [3.63, 3.8) is 0 Å². The number of nitrogens with one attached hydrogen (secondary N) is 1. The van der Waals surface area contributed by atoms with E-state index in [-0.39, 0.29) is 18.0 Å². The Labute approximate surface area is 231 Å². The Morgan fingerprint density at radius 1 is 1.12 bits per heavy atom. The molecule has 5 aromatic rings. The first-order valence-corrected chi connectivity index (χ1v) is 14.2. The Morgan fingerprint density at radius 2 is 2.00 bits per heavy atom. The van der Waals surface area contributed by atoms with Gasteiger partial charge in [-0.3, -0.25) is 9.89 Å². The number of aromatic nitrogens is 6. The molecule has 10 nitrogen and oxygen atoms in total. The Morgan fingerprint density at radius 3 is 2.73 bits per heavy atom. The number of amides is 1. The van der Waals surface area contributed by atoms with Crippen LogP contribution < -0.4 is 10.5 Å². The summed E-state index contributed by atoms with van der Waals surface area (Å²) in [6, 6.07) is 14.6. The number of imidazole rings is 1. The maximum atomic E-state index is 13.8. The van der Waals surface area contributed by atoms with Crippen molar-refractivity contribution in [3.05, 3.63) is 60.2 Å². The molecule has 3 aliphatic rings. The van der Waals surface area contributed by atoms with Crippen molar-refractivity contribution in [3.8, 4) is 17.3 Å². The number of aromatic amines is 1. The number of nitrogens with two attached hydrogens (primary N) is 1. The second-order valence-corrected chi connectivity index (χ2v) is 11.6. The minimum atomic E-state index is -0.00275. The number of likely N-dealkylation sites (tertiary alicyclic amines) is 1. The summed E-state index contributed by atoms with van der Waals surface area (Å²) in [5.74, 6) is 3.21. The van der Waals surface area contributed by atoms with Crippen LogP contribution in [0.4, 0.5) is 0 Å². The Balaban J connectivity index is 1.31. The standard InChI is InChI=1S/C30H32N8O2/c1-40-25-12-20(30(39)37-14-19-8-9-23(37)27(19)31)10-21-28(25)38(15-26-32-16-33-35-26)29(34-21)24-11-18-4-2-3-5-22(18)36(24)13-17-6-7-17/h2-5,10-12,16-17,19,23,27H,6-9,13-15,31H2,1H3,(H,32,33,35)/t19?,23?,27-/m1/s1. The zero-order valence-electron chi connectivity index (χ0n) is 22.5. The smallest absolute Gasteiger partial charge is 0.254 e. The molecule has 2 aromatic carbocycles. The van der Waals surface area contributed by atoms with Gasteiger partial charge < -0.3 is 24.5 Å². The van der Waals surface area contributed by atoms with E-state index < -0.39 is 0 Å². The van der Waals surface area contributed by atoms with Gasteiger partial charge in [-0.25, -0.2) is 9.97 Å². The van der Waals surface area contributed by atoms with Gasteiger partial charge in [0.15, 0.2) is 5.82 Å². The van der Waals surface area contributed by atoms with E-state index in [1.54, 1.807) is 7.11 Å². The van der Waals surface area contributed by atoms with Crippen molar-refractivity contribution >= 4 is 27.8 Å². The van der Waals surface area contributed by atoms with Crippen LogP contribution in [-0.2, 0) is 13.1 Å². The number of carbonyl (C=O) groups is 1. The van der Waals surface area contributed by atoms with E-state index in [2.05, 4.69) is 54.6 Å². The van der Waals surface area contributed by atoms with Crippen LogP contribution in [0.15, 0.2) is 48.8 Å². The molecule has 0 spiro atoms. The molecule has 3 fully saturated rings. The van der Waals surface area contributed by atoms with E-state index in [0.717, 1.165) is 48.8 Å². The third-order valence-corrected chi connectivity index (χ3v) is 9.14. The minimum Gasteiger partial charge on any atom is -0.494 e. The molecule has 1 amide bonds. The lowest BCUT2D eigenvalue weighted by atomic mass is 10.1. The number of H-pyrrole nitrogens is 1. The maximum Gasteiger partial charge on any atom is 0.254 e. The molecule has 4 heterocycles. The number of benzene rings is 2. The molecule has 3 N–H and O–H groups in total. The Bertz CT molecular complexity index is 1750. The Hall–Kier alpha value is -4.18. The molecule has 40 heavy (non-hydrogen) atoms. The first kappa shape index (κ1) is 23.7.